The first-order valence-electron chi connectivity index (χ1n) is 6.73. The zero-order valence-electron chi connectivity index (χ0n) is 11.7. The summed E-state index contributed by atoms with van der Waals surface area (Å²) in [7, 11) is 1.54. The summed E-state index contributed by atoms with van der Waals surface area (Å²) >= 11 is 0. The molecule has 17 heavy (non-hydrogen) atoms. The van der Waals surface area contributed by atoms with Gasteiger partial charge in [-0.1, -0.05) is 0 Å². The van der Waals surface area contributed by atoms with E-state index in [-0.39, 0.29) is 0 Å². The lowest BCUT2D eigenvalue weighted by atomic mass is 9.90. The lowest BCUT2D eigenvalue weighted by Crippen LogP contribution is -2.44. The topological polar surface area (TPSA) is 32.3 Å². The van der Waals surface area contributed by atoms with Crippen LogP contribution in [-0.4, -0.2) is 53.3 Å². The Morgan fingerprint density at radius 1 is 1.35 bits per heavy atom. The minimum absolute atomic E-state index is 0.480. The number of rotatable bonds is 6. The average molecular weight is 260 g/mol. The molecule has 0 aromatic carbocycles. The highest BCUT2D eigenvalue weighted by Gasteiger charge is 2.22. The third kappa shape index (κ3) is 5.98. The molecule has 1 N–H and O–H groups in total. The maximum Gasteiger partial charge on any atom is 0.0246 e. The van der Waals surface area contributed by atoms with Crippen molar-refractivity contribution >= 4 is 10.8 Å². The number of hydrogen-bond acceptors (Lipinski definition) is 3. The first-order chi connectivity index (χ1) is 7.99. The van der Waals surface area contributed by atoms with Crippen molar-refractivity contribution in [1.82, 2.24) is 10.2 Å². The molecule has 0 aromatic rings. The Labute approximate surface area is 109 Å². The molecule has 102 valence electrons. The van der Waals surface area contributed by atoms with Crippen molar-refractivity contribution in [2.24, 2.45) is 5.92 Å². The van der Waals surface area contributed by atoms with Gasteiger partial charge in [-0.2, -0.15) is 0 Å². The lowest BCUT2D eigenvalue weighted by molar-refractivity contribution is 0.184. The van der Waals surface area contributed by atoms with Crippen molar-refractivity contribution in [3.63, 3.8) is 0 Å². The third-order valence-electron chi connectivity index (χ3n) is 3.86. The van der Waals surface area contributed by atoms with Crippen LogP contribution >= 0.6 is 0 Å². The van der Waals surface area contributed by atoms with Gasteiger partial charge in [0.05, 0.1) is 0 Å². The van der Waals surface area contributed by atoms with Crippen molar-refractivity contribution < 1.29 is 4.21 Å². The number of hydrogen-bond donors (Lipinski definition) is 1. The number of piperidine rings is 1. The molecule has 0 amide bonds. The largest absolute Gasteiger partial charge is 0.311 e. The van der Waals surface area contributed by atoms with Gasteiger partial charge in [0.15, 0.2) is 0 Å². The third-order valence-corrected chi connectivity index (χ3v) is 4.67. The van der Waals surface area contributed by atoms with E-state index < -0.39 is 10.8 Å². The zero-order valence-corrected chi connectivity index (χ0v) is 12.6. The zero-order chi connectivity index (χ0) is 12.8. The molecule has 0 aromatic heterocycles. The molecule has 4 heteroatoms. The lowest BCUT2D eigenvalue weighted by Gasteiger charge is -2.34. The van der Waals surface area contributed by atoms with E-state index in [9.17, 15) is 4.21 Å². The molecule has 1 saturated heterocycles. The molecule has 1 fully saturated rings. The van der Waals surface area contributed by atoms with Crippen molar-refractivity contribution in [3.8, 4) is 0 Å². The van der Waals surface area contributed by atoms with E-state index >= 15 is 0 Å². The van der Waals surface area contributed by atoms with Gasteiger partial charge in [0, 0.05) is 34.9 Å². The van der Waals surface area contributed by atoms with Crippen LogP contribution in [0.2, 0.25) is 0 Å². The maximum atomic E-state index is 11.0. The molecule has 0 aliphatic carbocycles. The molecule has 0 radical (unpaired) electrons. The summed E-state index contributed by atoms with van der Waals surface area (Å²) in [6.07, 6.45) is 5.40. The predicted octanol–water partition coefficient (Wildman–Crippen LogP) is 1.46. The maximum absolute atomic E-state index is 11.0. The number of likely N-dealkylation sites (tertiary alicyclic amines) is 1. The van der Waals surface area contributed by atoms with E-state index in [0.29, 0.717) is 12.1 Å². The van der Waals surface area contributed by atoms with E-state index in [1.54, 1.807) is 6.26 Å². The molecule has 3 nitrogen and oxygen atoms in total. The number of nitrogens with zero attached hydrogens (tertiary/aromatic N) is 1. The minimum Gasteiger partial charge on any atom is -0.311 e. The van der Waals surface area contributed by atoms with Crippen molar-refractivity contribution in [1.29, 1.82) is 0 Å². The summed E-state index contributed by atoms with van der Waals surface area (Å²) in [4.78, 5) is 2.41. The smallest absolute Gasteiger partial charge is 0.0246 e. The van der Waals surface area contributed by atoms with Crippen LogP contribution in [0.3, 0.4) is 0 Å². The minimum atomic E-state index is -0.657. The van der Waals surface area contributed by atoms with E-state index in [0.717, 1.165) is 18.1 Å². The van der Waals surface area contributed by atoms with Gasteiger partial charge in [-0.25, -0.2) is 0 Å². The van der Waals surface area contributed by atoms with Crippen LogP contribution in [0.1, 0.15) is 33.1 Å². The first-order valence-corrected chi connectivity index (χ1v) is 8.46. The summed E-state index contributed by atoms with van der Waals surface area (Å²) in [6, 6.07) is 1.07. The summed E-state index contributed by atoms with van der Waals surface area (Å²) in [6.45, 7) is 6.96. The highest BCUT2D eigenvalue weighted by molar-refractivity contribution is 7.84. The van der Waals surface area contributed by atoms with Crippen LogP contribution in [0.15, 0.2) is 0 Å². The molecule has 3 unspecified atom stereocenters. The summed E-state index contributed by atoms with van der Waals surface area (Å²) in [5, 5.41) is 3.67. The van der Waals surface area contributed by atoms with Crippen molar-refractivity contribution in [2.45, 2.75) is 45.2 Å². The fourth-order valence-corrected chi connectivity index (χ4v) is 3.22. The Hall–Kier alpha value is 0.0700. The summed E-state index contributed by atoms with van der Waals surface area (Å²) in [5.74, 6) is 1.62. The van der Waals surface area contributed by atoms with Crippen LogP contribution in [0, 0.1) is 5.92 Å². The van der Waals surface area contributed by atoms with Crippen LogP contribution in [-0.2, 0) is 10.8 Å². The van der Waals surface area contributed by atoms with Crippen LogP contribution in [0.25, 0.3) is 0 Å². The molecular weight excluding hydrogens is 232 g/mol. The normalized spacial score (nSPS) is 24.5. The molecule has 1 rings (SSSR count). The standard InChI is InChI=1S/C13H28N2OS/c1-11(7-10-17(4)16)14-12(2)13-5-8-15(3)9-6-13/h11-14H,5-10H2,1-4H3. The molecule has 0 bridgehead atoms. The van der Waals surface area contributed by atoms with Gasteiger partial charge >= 0.3 is 0 Å². The average Bonchev–Trinajstić information content (AvgIpc) is 2.27. The van der Waals surface area contributed by atoms with Gasteiger partial charge in [-0.05, 0) is 59.2 Å². The van der Waals surface area contributed by atoms with E-state index in [4.69, 9.17) is 0 Å². The van der Waals surface area contributed by atoms with Crippen molar-refractivity contribution in [3.05, 3.63) is 0 Å². The SMILES string of the molecule is CC(CCS(C)=O)NC(C)C1CCN(C)CC1. The van der Waals surface area contributed by atoms with Crippen LogP contribution in [0.4, 0.5) is 0 Å². The van der Waals surface area contributed by atoms with E-state index in [1.165, 1.54) is 25.9 Å². The second kappa shape index (κ2) is 7.49. The van der Waals surface area contributed by atoms with Crippen LogP contribution < -0.4 is 5.32 Å². The van der Waals surface area contributed by atoms with Gasteiger partial charge in [0.1, 0.15) is 0 Å². The van der Waals surface area contributed by atoms with Gasteiger partial charge in [0.25, 0.3) is 0 Å². The molecule has 1 aliphatic rings. The second-order valence-corrected chi connectivity index (χ2v) is 7.12. The Kier molecular flexibility index (Phi) is 6.67. The first kappa shape index (κ1) is 15.1. The Morgan fingerprint density at radius 3 is 2.47 bits per heavy atom. The van der Waals surface area contributed by atoms with E-state index in [1.807, 2.05) is 0 Å². The van der Waals surface area contributed by atoms with Crippen LogP contribution in [0.5, 0.6) is 0 Å². The molecule has 3 atom stereocenters. The Morgan fingerprint density at radius 2 is 1.94 bits per heavy atom. The van der Waals surface area contributed by atoms with E-state index in [2.05, 4.69) is 31.1 Å². The van der Waals surface area contributed by atoms with Gasteiger partial charge in [-0.3, -0.25) is 4.21 Å². The van der Waals surface area contributed by atoms with Gasteiger partial charge in [0.2, 0.25) is 0 Å². The second-order valence-electron chi connectivity index (χ2n) is 5.56. The van der Waals surface area contributed by atoms with Gasteiger partial charge < -0.3 is 10.2 Å². The van der Waals surface area contributed by atoms with Crippen molar-refractivity contribution in [2.75, 3.05) is 32.1 Å². The Balaban J connectivity index is 2.23. The predicted molar refractivity (Wildman–Crippen MR) is 75.8 cm³/mol. The quantitative estimate of drug-likeness (QED) is 0.785. The number of nitrogens with one attached hydrogen (secondary N) is 1. The Bertz CT molecular complexity index is 240. The highest BCUT2D eigenvalue weighted by Crippen LogP contribution is 2.20. The molecule has 0 spiro atoms. The molecule has 1 heterocycles. The van der Waals surface area contributed by atoms with Gasteiger partial charge in [-0.15, -0.1) is 0 Å². The fourth-order valence-electron chi connectivity index (χ4n) is 2.54. The molecule has 0 saturated carbocycles. The molecule has 1 aliphatic heterocycles. The summed E-state index contributed by atoms with van der Waals surface area (Å²) in [5.41, 5.74) is 0. The summed E-state index contributed by atoms with van der Waals surface area (Å²) < 4.78 is 11.0. The fraction of sp³-hybridized carbons (Fsp3) is 1.00. The highest BCUT2D eigenvalue weighted by atomic mass is 32.2. The molecular formula is C13H28N2OS. The monoisotopic (exact) mass is 260 g/mol.